The summed E-state index contributed by atoms with van der Waals surface area (Å²) in [6.07, 6.45) is 0. The van der Waals surface area contributed by atoms with Gasteiger partial charge in [0.1, 0.15) is 17.3 Å². The molecule has 0 bridgehead atoms. The summed E-state index contributed by atoms with van der Waals surface area (Å²) < 4.78 is 12.3. The number of anilines is 1. The van der Waals surface area contributed by atoms with E-state index in [1.54, 1.807) is 0 Å². The van der Waals surface area contributed by atoms with Gasteiger partial charge in [-0.15, -0.1) is 12.4 Å². The molecule has 0 aliphatic carbocycles. The first-order valence-corrected chi connectivity index (χ1v) is 2.45. The first kappa shape index (κ1) is 13.4. The predicted molar refractivity (Wildman–Crippen MR) is 45.5 cm³/mol. The van der Waals surface area contributed by atoms with Crippen molar-refractivity contribution >= 4 is 42.0 Å². The molecule has 0 aliphatic heterocycles. The second kappa shape index (κ2) is 5.48. The fourth-order valence-electron chi connectivity index (χ4n) is 0.526. The van der Waals surface area contributed by atoms with Crippen LogP contribution < -0.4 is 5.73 Å². The number of phenolic OH excluding ortho intramolecular Hbond substituents is 1. The molecule has 1 aromatic carbocycles. The Bertz CT molecular complexity index is 214. The van der Waals surface area contributed by atoms with Gasteiger partial charge in [-0.2, -0.15) is 0 Å². The van der Waals surface area contributed by atoms with E-state index in [1.165, 1.54) is 18.2 Å². The maximum Gasteiger partial charge on any atom is 0.149 e. The van der Waals surface area contributed by atoms with Crippen molar-refractivity contribution in [2.24, 2.45) is 0 Å². The van der Waals surface area contributed by atoms with Crippen LogP contribution >= 0.6 is 12.4 Å². The molecule has 3 N–H and O–H groups in total. The van der Waals surface area contributed by atoms with Gasteiger partial charge in [0.05, 0.1) is 0 Å². The normalized spacial score (nSPS) is 7.73. The van der Waals surface area contributed by atoms with Gasteiger partial charge < -0.3 is 10.8 Å². The Morgan fingerprint density at radius 3 is 2.27 bits per heavy atom. The van der Waals surface area contributed by atoms with Gasteiger partial charge >= 0.3 is 0 Å². The van der Waals surface area contributed by atoms with Crippen molar-refractivity contribution in [3.63, 3.8) is 0 Å². The summed E-state index contributed by atoms with van der Waals surface area (Å²) in [4.78, 5) is 0. The number of benzene rings is 1. The van der Waals surface area contributed by atoms with Crippen molar-refractivity contribution in [2.75, 3.05) is 5.73 Å². The minimum atomic E-state index is -0.588. The number of nitrogen functional groups attached to an aromatic ring is 1. The van der Waals surface area contributed by atoms with Crippen molar-refractivity contribution in [3.8, 4) is 5.75 Å². The molecule has 0 unspecified atom stereocenters. The number of hydrogen-bond donors (Lipinski definition) is 2. The van der Waals surface area contributed by atoms with Crippen molar-refractivity contribution < 1.29 is 9.50 Å². The Hall–Kier alpha value is -0.161. The Kier molecular flexibility index (Phi) is 6.70. The van der Waals surface area contributed by atoms with E-state index in [0.29, 0.717) is 0 Å². The van der Waals surface area contributed by atoms with E-state index in [-0.39, 0.29) is 47.8 Å². The van der Waals surface area contributed by atoms with Crippen molar-refractivity contribution in [1.29, 1.82) is 0 Å². The van der Waals surface area contributed by atoms with Gasteiger partial charge in [0.15, 0.2) is 0 Å². The summed E-state index contributed by atoms with van der Waals surface area (Å²) in [6.45, 7) is 0. The van der Waals surface area contributed by atoms with Crippen LogP contribution in [0.2, 0.25) is 0 Å². The van der Waals surface area contributed by atoms with Gasteiger partial charge in [-0.25, -0.2) is 4.39 Å². The minimum absolute atomic E-state index is 0. The van der Waals surface area contributed by atoms with E-state index in [9.17, 15) is 4.39 Å². The number of nitrogens with two attached hydrogens (primary N) is 1. The van der Waals surface area contributed by atoms with Gasteiger partial charge in [0.2, 0.25) is 0 Å². The number of rotatable bonds is 0. The largest absolute Gasteiger partial charge is 0.506 e. The summed E-state index contributed by atoms with van der Waals surface area (Å²) in [6, 6.07) is 3.91. The maximum atomic E-state index is 12.3. The van der Waals surface area contributed by atoms with E-state index in [4.69, 9.17) is 10.8 Å². The molecular weight excluding hydrogens is 275 g/mol. The summed E-state index contributed by atoms with van der Waals surface area (Å²) >= 11 is 0. The molecule has 0 aliphatic rings. The van der Waals surface area contributed by atoms with Crippen LogP contribution in [0.4, 0.5) is 10.1 Å². The SMILES string of the molecule is Cl.Nc1c(O)cccc1F.[Sn]. The third kappa shape index (κ3) is 3.16. The zero-order valence-corrected chi connectivity index (χ0v) is 9.21. The molecule has 60 valence electrons. The summed E-state index contributed by atoms with van der Waals surface area (Å²) in [5.41, 5.74) is 4.86. The summed E-state index contributed by atoms with van der Waals surface area (Å²) in [5, 5.41) is 8.74. The van der Waals surface area contributed by atoms with Crippen LogP contribution in [0, 0.1) is 5.82 Å². The van der Waals surface area contributed by atoms with Crippen LogP contribution in [0.5, 0.6) is 5.75 Å². The number of hydrogen-bond acceptors (Lipinski definition) is 2. The van der Waals surface area contributed by atoms with Gasteiger partial charge in [-0.3, -0.25) is 0 Å². The van der Waals surface area contributed by atoms with Gasteiger partial charge in [0.25, 0.3) is 0 Å². The average Bonchev–Trinajstić information content (AvgIpc) is 1.83. The first-order chi connectivity index (χ1) is 4.22. The number of halogens is 2. The van der Waals surface area contributed by atoms with Crippen molar-refractivity contribution in [3.05, 3.63) is 24.0 Å². The van der Waals surface area contributed by atoms with E-state index < -0.39 is 5.82 Å². The molecule has 0 amide bonds. The second-order valence-corrected chi connectivity index (χ2v) is 1.67. The third-order valence-corrected chi connectivity index (χ3v) is 1.03. The molecule has 0 spiro atoms. The van der Waals surface area contributed by atoms with Crippen molar-refractivity contribution in [2.45, 2.75) is 0 Å². The molecule has 11 heavy (non-hydrogen) atoms. The number of phenols is 1. The molecule has 0 heterocycles. The molecule has 5 heteroatoms. The minimum Gasteiger partial charge on any atom is -0.506 e. The first-order valence-electron chi connectivity index (χ1n) is 2.45. The van der Waals surface area contributed by atoms with E-state index in [2.05, 4.69) is 0 Å². The fraction of sp³-hybridized carbons (Fsp3) is 0. The third-order valence-electron chi connectivity index (χ3n) is 1.03. The van der Waals surface area contributed by atoms with Crippen LogP contribution in [0.3, 0.4) is 0 Å². The second-order valence-electron chi connectivity index (χ2n) is 1.67. The molecule has 2 nitrogen and oxygen atoms in total. The molecule has 1 rings (SSSR count). The molecule has 1 aromatic rings. The Labute approximate surface area is 87.0 Å². The molecule has 4 radical (unpaired) electrons. The molecular formula is C6H7ClFNOSn. The van der Waals surface area contributed by atoms with Gasteiger partial charge in [0, 0.05) is 23.9 Å². The molecule has 0 saturated heterocycles. The van der Waals surface area contributed by atoms with Gasteiger partial charge in [-0.05, 0) is 12.1 Å². The van der Waals surface area contributed by atoms with Crippen LogP contribution in [0.25, 0.3) is 0 Å². The predicted octanol–water partition coefficient (Wildman–Crippen LogP) is 1.15. The zero-order chi connectivity index (χ0) is 6.85. The van der Waals surface area contributed by atoms with Crippen molar-refractivity contribution in [1.82, 2.24) is 0 Å². The van der Waals surface area contributed by atoms with E-state index in [1.807, 2.05) is 0 Å². The summed E-state index contributed by atoms with van der Waals surface area (Å²) in [5.74, 6) is -0.801. The Balaban J connectivity index is 0. The van der Waals surface area contributed by atoms with Crippen LogP contribution in [0.1, 0.15) is 0 Å². The van der Waals surface area contributed by atoms with Crippen LogP contribution in [-0.2, 0) is 0 Å². The Morgan fingerprint density at radius 2 is 1.91 bits per heavy atom. The van der Waals surface area contributed by atoms with Gasteiger partial charge in [-0.1, -0.05) is 6.07 Å². The zero-order valence-electron chi connectivity index (χ0n) is 5.54. The fourth-order valence-corrected chi connectivity index (χ4v) is 0.526. The smallest absolute Gasteiger partial charge is 0.149 e. The number of aromatic hydroxyl groups is 1. The summed E-state index contributed by atoms with van der Waals surface area (Å²) in [7, 11) is 0. The standard InChI is InChI=1S/C6H6FNO.ClH.Sn/c7-4-2-1-3-5(9)6(4)8;;/h1-3,9H,8H2;1H;. The van der Waals surface area contributed by atoms with Crippen LogP contribution in [0.15, 0.2) is 18.2 Å². The maximum absolute atomic E-state index is 12.3. The van der Waals surface area contributed by atoms with E-state index >= 15 is 0 Å². The topological polar surface area (TPSA) is 46.2 Å². The molecule has 0 aromatic heterocycles. The van der Waals surface area contributed by atoms with E-state index in [0.717, 1.165) is 0 Å². The molecule has 0 saturated carbocycles. The Morgan fingerprint density at radius 1 is 1.36 bits per heavy atom. The monoisotopic (exact) mass is 283 g/mol. The average molecular weight is 282 g/mol. The van der Waals surface area contributed by atoms with Crippen LogP contribution in [-0.4, -0.2) is 29.0 Å². The quantitative estimate of drug-likeness (QED) is 0.426. The molecule has 0 atom stereocenters. The molecule has 0 fully saturated rings. The number of para-hydroxylation sites is 1.